The number of nitrogens with two attached hydrogens (primary N) is 1. The Hall–Kier alpha value is -4.68. The van der Waals surface area contributed by atoms with E-state index in [-0.39, 0.29) is 19.1 Å². The molecule has 4 heterocycles. The largest absolute Gasteiger partial charge is 0.490 e. The van der Waals surface area contributed by atoms with E-state index >= 15 is 0 Å². The average Bonchev–Trinajstić information content (AvgIpc) is 3.62. The van der Waals surface area contributed by atoms with Crippen molar-refractivity contribution in [2.24, 2.45) is 0 Å². The summed E-state index contributed by atoms with van der Waals surface area (Å²) in [4.78, 5) is 25.4. The molecule has 4 N–H and O–H groups in total. The molecule has 0 aliphatic heterocycles. The molecular weight excluding hydrogens is 521 g/mol. The third kappa shape index (κ3) is 5.47. The van der Waals surface area contributed by atoms with Crippen molar-refractivity contribution in [3.63, 3.8) is 0 Å². The number of carbonyl (C=O) groups excluding carboxylic acids is 1. The minimum atomic E-state index is -0.440. The second kappa shape index (κ2) is 11.4. The summed E-state index contributed by atoms with van der Waals surface area (Å²) < 4.78 is 26.3. The van der Waals surface area contributed by atoms with Gasteiger partial charge in [0.2, 0.25) is 11.7 Å². The number of H-pyrrole nitrogens is 1. The van der Waals surface area contributed by atoms with Gasteiger partial charge >= 0.3 is 0 Å². The van der Waals surface area contributed by atoms with Gasteiger partial charge in [0.1, 0.15) is 35.5 Å². The Bertz CT molecular complexity index is 1670. The highest BCUT2D eigenvalue weighted by Gasteiger charge is 2.24. The lowest BCUT2D eigenvalue weighted by Crippen LogP contribution is -2.20. The zero-order chi connectivity index (χ0) is 27.4. The van der Waals surface area contributed by atoms with Crippen molar-refractivity contribution >= 4 is 33.1 Å². The maximum atomic E-state index is 14.3. The molecule has 0 aliphatic carbocycles. The molecule has 0 fully saturated rings. The number of nitrogen functional groups attached to an aromatic ring is 1. The smallest absolute Gasteiger partial charge is 0.243 e. The van der Waals surface area contributed by atoms with Crippen molar-refractivity contribution in [2.45, 2.75) is 6.54 Å². The molecule has 0 radical (unpaired) electrons. The highest BCUT2D eigenvalue weighted by molar-refractivity contribution is 7.18. The van der Waals surface area contributed by atoms with Gasteiger partial charge < -0.3 is 20.5 Å². The molecule has 1 amide bonds. The highest BCUT2D eigenvalue weighted by Crippen LogP contribution is 2.45. The Labute approximate surface area is 226 Å². The van der Waals surface area contributed by atoms with Crippen molar-refractivity contribution in [3.05, 3.63) is 72.3 Å². The van der Waals surface area contributed by atoms with Crippen LogP contribution in [0, 0.1) is 5.82 Å². The first-order valence-corrected chi connectivity index (χ1v) is 12.7. The van der Waals surface area contributed by atoms with Crippen LogP contribution in [0.15, 0.2) is 60.6 Å². The molecule has 1 aromatic carbocycles. The molecule has 5 rings (SSSR count). The first-order chi connectivity index (χ1) is 19.0. The molecule has 4 aromatic heterocycles. The number of nitrogens with one attached hydrogen (secondary N) is 2. The van der Waals surface area contributed by atoms with Gasteiger partial charge in [-0.15, -0.1) is 11.3 Å². The molecule has 39 heavy (non-hydrogen) atoms. The van der Waals surface area contributed by atoms with E-state index in [9.17, 15) is 9.18 Å². The van der Waals surface area contributed by atoms with Crippen molar-refractivity contribution in [1.29, 1.82) is 0 Å². The molecule has 0 saturated carbocycles. The van der Waals surface area contributed by atoms with Crippen LogP contribution in [0.3, 0.4) is 0 Å². The van der Waals surface area contributed by atoms with Gasteiger partial charge in [0.25, 0.3) is 0 Å². The number of carbonyl (C=O) groups is 1. The fourth-order valence-electron chi connectivity index (χ4n) is 4.03. The lowest BCUT2D eigenvalue weighted by atomic mass is 9.98. The topological polar surface area (TPSA) is 141 Å². The number of benzene rings is 1. The summed E-state index contributed by atoms with van der Waals surface area (Å²) in [6, 6.07) is 9.89. The Morgan fingerprint density at radius 3 is 2.87 bits per heavy atom. The van der Waals surface area contributed by atoms with Crippen LogP contribution in [0.25, 0.3) is 44.0 Å². The minimum Gasteiger partial charge on any atom is -0.490 e. The van der Waals surface area contributed by atoms with Crippen LogP contribution in [0.2, 0.25) is 0 Å². The molecule has 5 aromatic rings. The molecule has 10 nitrogen and oxygen atoms in total. The maximum Gasteiger partial charge on any atom is 0.243 e. The van der Waals surface area contributed by atoms with E-state index in [1.54, 1.807) is 25.4 Å². The summed E-state index contributed by atoms with van der Waals surface area (Å²) in [6.07, 6.45) is 2.79. The van der Waals surface area contributed by atoms with Crippen LogP contribution in [0.5, 0.6) is 5.75 Å². The lowest BCUT2D eigenvalue weighted by Gasteiger charge is -2.16. The van der Waals surface area contributed by atoms with E-state index in [1.165, 1.54) is 29.5 Å². The van der Waals surface area contributed by atoms with Gasteiger partial charge in [0, 0.05) is 46.1 Å². The number of halogens is 1. The molecule has 0 atom stereocenters. The summed E-state index contributed by atoms with van der Waals surface area (Å²) in [5.74, 6) is 0.621. The summed E-state index contributed by atoms with van der Waals surface area (Å²) in [7, 11) is 1.57. The van der Waals surface area contributed by atoms with E-state index in [2.05, 4.69) is 32.1 Å². The number of thiophene rings is 1. The van der Waals surface area contributed by atoms with Crippen molar-refractivity contribution in [1.82, 2.24) is 30.5 Å². The monoisotopic (exact) mass is 545 g/mol. The Morgan fingerprint density at radius 1 is 1.21 bits per heavy atom. The van der Waals surface area contributed by atoms with E-state index in [0.717, 1.165) is 15.6 Å². The van der Waals surface area contributed by atoms with Crippen LogP contribution in [0.1, 0.15) is 5.82 Å². The SMILES string of the molecule is C=CC(=O)NCc1nc(-c2nc(-c3ccnc(N)c3)c3ccsc3c2-c2ccc(F)cc2OCCOC)n[nH]1. The number of hydrogen-bond acceptors (Lipinski definition) is 9. The number of rotatable bonds is 10. The fourth-order valence-corrected chi connectivity index (χ4v) is 4.99. The molecular formula is C27H24FN7O3S. The van der Waals surface area contributed by atoms with Gasteiger partial charge in [-0.2, -0.15) is 5.10 Å². The van der Waals surface area contributed by atoms with E-state index in [1.807, 2.05) is 17.5 Å². The van der Waals surface area contributed by atoms with Crippen LogP contribution < -0.4 is 15.8 Å². The molecule has 12 heteroatoms. The number of aromatic amines is 1. The molecule has 0 bridgehead atoms. The predicted octanol–water partition coefficient (Wildman–Crippen LogP) is 4.36. The lowest BCUT2D eigenvalue weighted by molar-refractivity contribution is -0.116. The first kappa shape index (κ1) is 25.9. The Balaban J connectivity index is 1.73. The summed E-state index contributed by atoms with van der Waals surface area (Å²) in [5.41, 5.74) is 9.15. The summed E-state index contributed by atoms with van der Waals surface area (Å²) >= 11 is 1.50. The quantitative estimate of drug-likeness (QED) is 0.174. The number of hydrogen-bond donors (Lipinski definition) is 3. The molecule has 0 unspecified atom stereocenters. The molecule has 0 aliphatic rings. The van der Waals surface area contributed by atoms with Crippen molar-refractivity contribution in [2.75, 3.05) is 26.1 Å². The zero-order valence-corrected chi connectivity index (χ0v) is 21.7. The number of anilines is 1. The van der Waals surface area contributed by atoms with Gasteiger partial charge in [-0.3, -0.25) is 9.89 Å². The van der Waals surface area contributed by atoms with E-state index in [4.69, 9.17) is 20.2 Å². The minimum absolute atomic E-state index is 0.115. The number of nitrogens with zero attached hydrogens (tertiary/aromatic N) is 4. The molecule has 0 saturated heterocycles. The van der Waals surface area contributed by atoms with Crippen LogP contribution in [0.4, 0.5) is 10.2 Å². The Kier molecular flexibility index (Phi) is 7.57. The van der Waals surface area contributed by atoms with Crippen LogP contribution in [-0.2, 0) is 16.1 Å². The third-order valence-electron chi connectivity index (χ3n) is 5.78. The molecule has 198 valence electrons. The number of methoxy groups -OCH3 is 1. The predicted molar refractivity (Wildman–Crippen MR) is 147 cm³/mol. The normalized spacial score (nSPS) is 11.0. The summed E-state index contributed by atoms with van der Waals surface area (Å²) in [6.45, 7) is 4.13. The van der Waals surface area contributed by atoms with Gasteiger partial charge in [-0.25, -0.2) is 19.3 Å². The first-order valence-electron chi connectivity index (χ1n) is 11.8. The van der Waals surface area contributed by atoms with Crippen molar-refractivity contribution < 1.29 is 18.7 Å². The maximum absolute atomic E-state index is 14.3. The fraction of sp³-hybridized carbons (Fsp3) is 0.148. The Morgan fingerprint density at radius 2 is 2.08 bits per heavy atom. The second-order valence-electron chi connectivity index (χ2n) is 8.33. The van der Waals surface area contributed by atoms with Crippen LogP contribution >= 0.6 is 11.3 Å². The van der Waals surface area contributed by atoms with Gasteiger partial charge in [-0.1, -0.05) is 6.58 Å². The number of amides is 1. The number of aromatic nitrogens is 5. The number of pyridine rings is 2. The van der Waals surface area contributed by atoms with Crippen molar-refractivity contribution in [3.8, 4) is 39.7 Å². The molecule has 0 spiro atoms. The van der Waals surface area contributed by atoms with Gasteiger partial charge in [0.15, 0.2) is 0 Å². The van der Waals surface area contributed by atoms with E-state index < -0.39 is 5.82 Å². The standard InChI is InChI=1S/C27H24FN7O3S/c1-3-22(36)31-14-21-32-27(35-34-21)25-23(17-5-4-16(28)13-19(17)38-10-9-37-2)26-18(7-11-39-26)24(33-25)15-6-8-30-20(29)12-15/h3-8,11-13H,1,9-10,14H2,2H3,(H2,29,30)(H,31,36)(H,32,34,35). The van der Waals surface area contributed by atoms with Gasteiger partial charge in [-0.05, 0) is 41.8 Å². The third-order valence-corrected chi connectivity index (χ3v) is 6.71. The van der Waals surface area contributed by atoms with Crippen LogP contribution in [-0.4, -0.2) is 51.4 Å². The highest BCUT2D eigenvalue weighted by atomic mass is 32.1. The number of ether oxygens (including phenoxy) is 2. The second-order valence-corrected chi connectivity index (χ2v) is 9.24. The van der Waals surface area contributed by atoms with E-state index in [0.29, 0.717) is 52.3 Å². The summed E-state index contributed by atoms with van der Waals surface area (Å²) in [5, 5.41) is 12.7. The average molecular weight is 546 g/mol. The van der Waals surface area contributed by atoms with Gasteiger partial charge in [0.05, 0.1) is 18.8 Å². The number of fused-ring (bicyclic) bond motifs is 1. The zero-order valence-electron chi connectivity index (χ0n) is 20.9.